The number of hydrogen-bond donors (Lipinski definition) is 2. The molecule has 2 N–H and O–H groups in total. The fraction of sp³-hybridized carbons (Fsp3) is 0.214. The lowest BCUT2D eigenvalue weighted by molar-refractivity contribution is -0.132. The molecule has 180 valence electrons. The number of anilines is 1. The molecule has 7 nitrogen and oxygen atoms in total. The van der Waals surface area contributed by atoms with E-state index >= 15 is 0 Å². The minimum atomic E-state index is -0.888. The van der Waals surface area contributed by atoms with Gasteiger partial charge in [-0.05, 0) is 72.1 Å². The third kappa shape index (κ3) is 4.84. The summed E-state index contributed by atoms with van der Waals surface area (Å²) in [6.07, 6.45) is 0. The average molecular weight is 474 g/mol. The summed E-state index contributed by atoms with van der Waals surface area (Å²) in [6, 6.07) is 18.8. The maximum Gasteiger partial charge on any atom is 0.300 e. The quantitative estimate of drug-likeness (QED) is 0.283. The highest BCUT2D eigenvalue weighted by Gasteiger charge is 2.47. The molecule has 3 aromatic carbocycles. The summed E-state index contributed by atoms with van der Waals surface area (Å²) in [6.45, 7) is 4.65. The fourth-order valence-electron chi connectivity index (χ4n) is 3.94. The number of ether oxygens (including phenoxy) is 2. The van der Waals surface area contributed by atoms with Gasteiger partial charge in [0.15, 0.2) is 0 Å². The first-order chi connectivity index (χ1) is 16.8. The highest BCUT2D eigenvalue weighted by atomic mass is 16.5. The summed E-state index contributed by atoms with van der Waals surface area (Å²) in [4.78, 5) is 27.8. The molecule has 1 aliphatic rings. The minimum Gasteiger partial charge on any atom is -0.508 e. The Bertz CT molecular complexity index is 1240. The Morgan fingerprint density at radius 2 is 1.51 bits per heavy atom. The fourth-order valence-corrected chi connectivity index (χ4v) is 3.94. The van der Waals surface area contributed by atoms with Gasteiger partial charge in [0.25, 0.3) is 11.7 Å². The molecule has 0 saturated carbocycles. The maximum absolute atomic E-state index is 13.2. The second-order valence-corrected chi connectivity index (χ2v) is 8.69. The molecule has 0 spiro atoms. The van der Waals surface area contributed by atoms with E-state index in [1.54, 1.807) is 60.7 Å². The number of aliphatic hydroxyl groups is 1. The molecular weight excluding hydrogens is 446 g/mol. The molecule has 1 saturated heterocycles. The second-order valence-electron chi connectivity index (χ2n) is 8.69. The van der Waals surface area contributed by atoms with Gasteiger partial charge in [-0.15, -0.1) is 0 Å². The van der Waals surface area contributed by atoms with Crippen molar-refractivity contribution in [3.8, 4) is 17.2 Å². The zero-order valence-electron chi connectivity index (χ0n) is 19.8. The van der Waals surface area contributed by atoms with Crippen LogP contribution in [0.2, 0.25) is 0 Å². The largest absolute Gasteiger partial charge is 0.508 e. The third-order valence-corrected chi connectivity index (χ3v) is 5.71. The van der Waals surface area contributed by atoms with Crippen LogP contribution in [0.25, 0.3) is 5.76 Å². The number of phenolic OH excluding ortho intramolecular Hbond substituents is 1. The number of rotatable bonds is 7. The van der Waals surface area contributed by atoms with Crippen LogP contribution in [-0.4, -0.2) is 35.6 Å². The average Bonchev–Trinajstić information content (AvgIpc) is 3.13. The van der Waals surface area contributed by atoms with E-state index in [4.69, 9.17) is 9.47 Å². The van der Waals surface area contributed by atoms with Gasteiger partial charge in [-0.25, -0.2) is 0 Å². The molecule has 0 bridgehead atoms. The summed E-state index contributed by atoms with van der Waals surface area (Å²) in [5.74, 6) is -0.180. The van der Waals surface area contributed by atoms with Crippen LogP contribution in [0.4, 0.5) is 5.69 Å². The second kappa shape index (κ2) is 9.93. The lowest BCUT2D eigenvalue weighted by Gasteiger charge is -2.25. The lowest BCUT2D eigenvalue weighted by Crippen LogP contribution is -2.29. The Hall–Kier alpha value is -4.26. The number of carbonyl (C=O) groups excluding carboxylic acids is 2. The first-order valence-electron chi connectivity index (χ1n) is 11.3. The van der Waals surface area contributed by atoms with Gasteiger partial charge in [0.2, 0.25) is 0 Å². The summed E-state index contributed by atoms with van der Waals surface area (Å²) in [7, 11) is 1.54. The van der Waals surface area contributed by atoms with E-state index in [2.05, 4.69) is 0 Å². The molecule has 0 radical (unpaired) electrons. The van der Waals surface area contributed by atoms with Gasteiger partial charge in [0.1, 0.15) is 23.0 Å². The van der Waals surface area contributed by atoms with Crippen molar-refractivity contribution in [1.29, 1.82) is 0 Å². The topological polar surface area (TPSA) is 96.3 Å². The monoisotopic (exact) mass is 473 g/mol. The molecule has 1 unspecified atom stereocenters. The van der Waals surface area contributed by atoms with Crippen molar-refractivity contribution in [3.05, 3.63) is 89.5 Å². The van der Waals surface area contributed by atoms with Crippen LogP contribution in [0.5, 0.6) is 17.2 Å². The van der Waals surface area contributed by atoms with E-state index in [9.17, 15) is 19.8 Å². The van der Waals surface area contributed by atoms with E-state index in [0.717, 1.165) is 0 Å². The Kier molecular flexibility index (Phi) is 6.78. The normalized spacial score (nSPS) is 17.1. The molecule has 35 heavy (non-hydrogen) atoms. The first kappa shape index (κ1) is 23.9. The number of aromatic hydroxyl groups is 1. The molecule has 1 fully saturated rings. The zero-order chi connectivity index (χ0) is 25.1. The molecule has 1 aliphatic heterocycles. The number of aliphatic hydroxyl groups excluding tert-OH is 1. The van der Waals surface area contributed by atoms with Crippen LogP contribution in [0.15, 0.2) is 78.4 Å². The van der Waals surface area contributed by atoms with E-state index < -0.39 is 17.7 Å². The zero-order valence-corrected chi connectivity index (χ0v) is 19.8. The number of hydrogen-bond acceptors (Lipinski definition) is 6. The Morgan fingerprint density at radius 3 is 2.09 bits per heavy atom. The van der Waals surface area contributed by atoms with Crippen LogP contribution in [-0.2, 0) is 9.59 Å². The smallest absolute Gasteiger partial charge is 0.300 e. The summed E-state index contributed by atoms with van der Waals surface area (Å²) in [5.41, 5.74) is 1.39. The van der Waals surface area contributed by atoms with Gasteiger partial charge in [-0.3, -0.25) is 14.5 Å². The van der Waals surface area contributed by atoms with Crippen LogP contribution >= 0.6 is 0 Å². The predicted octanol–water partition coefficient (Wildman–Crippen LogP) is 5.06. The molecular formula is C28H27NO6. The molecule has 0 aliphatic carbocycles. The van der Waals surface area contributed by atoms with Crippen LogP contribution in [0.1, 0.15) is 31.0 Å². The molecule has 7 heteroatoms. The highest BCUT2D eigenvalue weighted by molar-refractivity contribution is 6.51. The van der Waals surface area contributed by atoms with Gasteiger partial charge in [-0.1, -0.05) is 26.0 Å². The highest BCUT2D eigenvalue weighted by Crippen LogP contribution is 2.42. The summed E-state index contributed by atoms with van der Waals surface area (Å²) < 4.78 is 10.9. The number of Topliss-reactive ketones (excluding diaryl/α,β-unsaturated/α-hetero) is 1. The standard InChI is InChI=1S/C28H27NO6/c1-17(2)16-35-23-12-6-19(7-13-23)26(31)24-25(18-4-10-21(30)11-5-18)29(28(33)27(24)32)20-8-14-22(34-3)15-9-20/h4-15,17,25,30-31H,16H2,1-3H3/b26-24+. The molecule has 0 aromatic heterocycles. The molecule has 3 aromatic rings. The summed E-state index contributed by atoms with van der Waals surface area (Å²) >= 11 is 0. The number of ketones is 1. The van der Waals surface area contributed by atoms with Crippen molar-refractivity contribution in [2.75, 3.05) is 18.6 Å². The SMILES string of the molecule is COc1ccc(N2C(=O)C(=O)/C(=C(/O)c3ccc(OCC(C)C)cc3)C2c2ccc(O)cc2)cc1. The van der Waals surface area contributed by atoms with Gasteiger partial charge >= 0.3 is 0 Å². The van der Waals surface area contributed by atoms with Crippen LogP contribution in [0.3, 0.4) is 0 Å². The number of carbonyl (C=O) groups is 2. The van der Waals surface area contributed by atoms with E-state index in [0.29, 0.717) is 40.8 Å². The molecule has 1 amide bonds. The molecule has 4 rings (SSSR count). The number of benzene rings is 3. The van der Waals surface area contributed by atoms with Crippen molar-refractivity contribution < 1.29 is 29.3 Å². The van der Waals surface area contributed by atoms with Gasteiger partial charge < -0.3 is 19.7 Å². The third-order valence-electron chi connectivity index (χ3n) is 5.71. The van der Waals surface area contributed by atoms with Crippen molar-refractivity contribution >= 4 is 23.1 Å². The molecule has 1 atom stereocenters. The number of nitrogens with zero attached hydrogens (tertiary/aromatic N) is 1. The summed E-state index contributed by atoms with van der Waals surface area (Å²) in [5, 5.41) is 21.0. The first-order valence-corrected chi connectivity index (χ1v) is 11.3. The van der Waals surface area contributed by atoms with E-state index in [1.165, 1.54) is 24.1 Å². The lowest BCUT2D eigenvalue weighted by atomic mass is 9.95. The Balaban J connectivity index is 1.80. The Morgan fingerprint density at radius 1 is 0.914 bits per heavy atom. The maximum atomic E-state index is 13.2. The van der Waals surface area contributed by atoms with Crippen molar-refractivity contribution in [2.24, 2.45) is 5.92 Å². The van der Waals surface area contributed by atoms with Crippen molar-refractivity contribution in [1.82, 2.24) is 0 Å². The number of phenols is 1. The number of amides is 1. The van der Waals surface area contributed by atoms with Gasteiger partial charge in [0, 0.05) is 11.3 Å². The van der Waals surface area contributed by atoms with E-state index in [-0.39, 0.29) is 17.1 Å². The van der Waals surface area contributed by atoms with Crippen molar-refractivity contribution in [2.45, 2.75) is 19.9 Å². The van der Waals surface area contributed by atoms with Crippen LogP contribution < -0.4 is 14.4 Å². The van der Waals surface area contributed by atoms with Gasteiger partial charge in [-0.2, -0.15) is 0 Å². The van der Waals surface area contributed by atoms with Crippen LogP contribution in [0, 0.1) is 5.92 Å². The minimum absolute atomic E-state index is 0.0349. The Labute approximate surface area is 203 Å². The molecule has 1 heterocycles. The number of methoxy groups -OCH3 is 1. The van der Waals surface area contributed by atoms with Gasteiger partial charge in [0.05, 0.1) is 25.3 Å². The van der Waals surface area contributed by atoms with Crippen molar-refractivity contribution in [3.63, 3.8) is 0 Å². The predicted molar refractivity (Wildman–Crippen MR) is 133 cm³/mol. The van der Waals surface area contributed by atoms with E-state index in [1.807, 2.05) is 13.8 Å².